The first kappa shape index (κ1) is 20.8. The smallest absolute Gasteiger partial charge is 0.872 e. The van der Waals surface area contributed by atoms with E-state index in [4.69, 9.17) is 10.3 Å². The summed E-state index contributed by atoms with van der Waals surface area (Å²) in [7, 11) is -4.66. The fourth-order valence-corrected chi connectivity index (χ4v) is 1.64. The molecule has 1 aromatic carbocycles. The molecule has 17 heavy (non-hydrogen) atoms. The van der Waals surface area contributed by atoms with Crippen LogP contribution in [0.4, 0.5) is 5.69 Å². The van der Waals surface area contributed by atoms with Gasteiger partial charge in [0.15, 0.2) is 0 Å². The number of rotatable bonds is 2. The molecule has 0 bridgehead atoms. The summed E-state index contributed by atoms with van der Waals surface area (Å²) in [6.45, 7) is 0. The van der Waals surface area contributed by atoms with E-state index in [-0.39, 0.29) is 103 Å². The molecule has 0 unspecified atom stereocenters. The first-order valence-corrected chi connectivity index (χ1v) is 4.97. The molecule has 0 saturated heterocycles. The predicted molar refractivity (Wildman–Crippen MR) is 44.4 cm³/mol. The van der Waals surface area contributed by atoms with Gasteiger partial charge in [0.05, 0.1) is 11.7 Å². The molecule has 7 nitrogen and oxygen atoms in total. The molecule has 0 atom stereocenters. The zero-order valence-corrected chi connectivity index (χ0v) is 16.2. The van der Waals surface area contributed by atoms with E-state index in [0.29, 0.717) is 6.07 Å². The average Bonchev–Trinajstić information content (AvgIpc) is 2.00. The molecule has 0 spiro atoms. The summed E-state index contributed by atoms with van der Waals surface area (Å²) in [4.78, 5) is 9.62. The minimum absolute atomic E-state index is 0. The number of aromatic carboxylic acids is 1. The summed E-state index contributed by atoms with van der Waals surface area (Å²) in [5.41, 5.74) is 3.30. The second-order valence-corrected chi connectivity index (χ2v) is 4.00. The Morgan fingerprint density at radius 3 is 2.12 bits per heavy atom. The largest absolute Gasteiger partial charge is 1.00 e. The number of carbonyl (C=O) groups is 1. The molecule has 0 aromatic heterocycles. The number of anilines is 1. The molecular weight excluding hydrogens is 304 g/mol. The molecule has 1 aromatic rings. The fraction of sp³-hybridized carbons (Fsp3) is 0. The predicted octanol–water partition coefficient (Wildman–Crippen LogP) is -8.04. The van der Waals surface area contributed by atoms with Gasteiger partial charge in [-0.2, -0.15) is 8.42 Å². The Hall–Kier alpha value is 1.47. The van der Waals surface area contributed by atoms with Gasteiger partial charge in [0, 0.05) is 5.56 Å². The number of carboxylic acids is 1. The van der Waals surface area contributed by atoms with Crippen LogP contribution in [0.1, 0.15) is 10.4 Å². The molecule has 0 amide bonds. The summed E-state index contributed by atoms with van der Waals surface area (Å²) in [5, 5.41) is 21.4. The Bertz CT molecular complexity index is 529. The average molecular weight is 309 g/mol. The third kappa shape index (κ3) is 5.16. The van der Waals surface area contributed by atoms with Crippen molar-refractivity contribution in [3.8, 4) is 5.75 Å². The summed E-state index contributed by atoms with van der Waals surface area (Å²) in [6, 6.07) is 1.39. The van der Waals surface area contributed by atoms with Crippen LogP contribution in [-0.2, 0) is 10.1 Å². The molecule has 0 aliphatic heterocycles. The number of nitrogen functional groups attached to an aromatic ring is 1. The Morgan fingerprint density at radius 2 is 1.76 bits per heavy atom. The van der Waals surface area contributed by atoms with E-state index in [1.807, 2.05) is 0 Å². The first-order valence-electron chi connectivity index (χ1n) is 3.53. The molecule has 0 aliphatic rings. The van der Waals surface area contributed by atoms with Crippen molar-refractivity contribution in [2.75, 3.05) is 5.73 Å². The van der Waals surface area contributed by atoms with Gasteiger partial charge in [-0.3, -0.25) is 4.55 Å². The van der Waals surface area contributed by atoms with Crippen molar-refractivity contribution in [2.24, 2.45) is 0 Å². The Labute approximate surface area is 182 Å². The summed E-state index contributed by atoms with van der Waals surface area (Å²) in [6.07, 6.45) is 0. The maximum Gasteiger partial charge on any atom is 1.00 e. The van der Waals surface area contributed by atoms with Gasteiger partial charge in [0.1, 0.15) is 4.90 Å². The topological polar surface area (TPSA) is 144 Å². The van der Waals surface area contributed by atoms with Crippen LogP contribution >= 0.6 is 0 Å². The molecule has 82 valence electrons. The molecule has 0 heterocycles. The first-order chi connectivity index (χ1) is 6.75. The van der Waals surface area contributed by atoms with Gasteiger partial charge in [-0.25, -0.2) is 0 Å². The van der Waals surface area contributed by atoms with Crippen LogP contribution in [0.15, 0.2) is 17.0 Å². The van der Waals surface area contributed by atoms with Gasteiger partial charge in [0.2, 0.25) is 0 Å². The van der Waals surface area contributed by atoms with Gasteiger partial charge in [-0.1, -0.05) is 11.8 Å². The van der Waals surface area contributed by atoms with Crippen LogP contribution in [0.2, 0.25) is 0 Å². The van der Waals surface area contributed by atoms with Gasteiger partial charge >= 0.3 is 103 Å². The van der Waals surface area contributed by atoms with Gasteiger partial charge < -0.3 is 20.7 Å². The quantitative estimate of drug-likeness (QED) is 0.313. The Kier molecular flexibility index (Phi) is 9.68. The number of hydrogen-bond acceptors (Lipinski definition) is 6. The number of carbonyl (C=O) groups excluding carboxylic acids is 1. The second-order valence-electron chi connectivity index (χ2n) is 2.61. The summed E-state index contributed by atoms with van der Waals surface area (Å²) in [5.74, 6) is -2.89. The Morgan fingerprint density at radius 1 is 1.29 bits per heavy atom. The van der Waals surface area contributed by atoms with Crippen LogP contribution in [0.5, 0.6) is 5.75 Å². The molecular formula is C7H5K2NO6S. The maximum atomic E-state index is 11.0. The standard InChI is InChI=1S/C7H7NO6S.2K/c8-6-4(15(12,13)14)2-1-3(9)5(6)7(10)11;;/h1-2,9H,8H2,(H,10,11)(H,12,13,14);;/q;2*+1/p-2. The molecule has 10 heteroatoms. The molecule has 1 rings (SSSR count). The van der Waals surface area contributed by atoms with Crippen molar-refractivity contribution in [3.63, 3.8) is 0 Å². The van der Waals surface area contributed by atoms with E-state index in [9.17, 15) is 23.4 Å². The van der Waals surface area contributed by atoms with E-state index in [1.54, 1.807) is 0 Å². The van der Waals surface area contributed by atoms with Crippen molar-refractivity contribution in [2.45, 2.75) is 4.90 Å². The molecule has 3 N–H and O–H groups in total. The van der Waals surface area contributed by atoms with Gasteiger partial charge in [-0.15, -0.1) is 0 Å². The van der Waals surface area contributed by atoms with Crippen LogP contribution in [-0.4, -0.2) is 18.9 Å². The number of nitrogens with two attached hydrogens (primary N) is 1. The second kappa shape index (κ2) is 7.92. The van der Waals surface area contributed by atoms with Crippen molar-refractivity contribution in [1.29, 1.82) is 0 Å². The Balaban J connectivity index is 0. The van der Waals surface area contributed by atoms with Crippen molar-refractivity contribution in [1.82, 2.24) is 0 Å². The van der Waals surface area contributed by atoms with Crippen LogP contribution < -0.4 is 119 Å². The minimum atomic E-state index is -4.66. The fourth-order valence-electron chi connectivity index (χ4n) is 1.02. The van der Waals surface area contributed by atoms with Gasteiger partial charge in [-0.05, 0) is 6.07 Å². The SMILES string of the molecule is Nc1c(S(=O)(=O)O)ccc([O-])c1C(=O)[O-].[K+].[K+]. The van der Waals surface area contributed by atoms with E-state index in [2.05, 4.69) is 0 Å². The number of hydrogen-bond donors (Lipinski definition) is 2. The third-order valence-corrected chi connectivity index (χ3v) is 2.56. The van der Waals surface area contributed by atoms with E-state index < -0.39 is 38.0 Å². The molecule has 0 radical (unpaired) electrons. The normalized spacial score (nSPS) is 9.94. The van der Waals surface area contributed by atoms with Crippen molar-refractivity contribution in [3.05, 3.63) is 17.7 Å². The van der Waals surface area contributed by atoms with E-state index in [0.717, 1.165) is 6.07 Å². The molecule has 0 fully saturated rings. The summed E-state index contributed by atoms with van der Waals surface area (Å²) >= 11 is 0. The maximum absolute atomic E-state index is 11.0. The van der Waals surface area contributed by atoms with Crippen LogP contribution in [0.3, 0.4) is 0 Å². The monoisotopic (exact) mass is 309 g/mol. The third-order valence-electron chi connectivity index (χ3n) is 1.65. The van der Waals surface area contributed by atoms with Crippen molar-refractivity contribution < 1.29 is 131 Å². The number of benzene rings is 1. The van der Waals surface area contributed by atoms with Crippen molar-refractivity contribution >= 4 is 21.8 Å². The zero-order chi connectivity index (χ0) is 11.8. The summed E-state index contributed by atoms with van der Waals surface area (Å²) < 4.78 is 30.0. The van der Waals surface area contributed by atoms with E-state index in [1.165, 1.54) is 0 Å². The van der Waals surface area contributed by atoms with Crippen LogP contribution in [0.25, 0.3) is 0 Å². The molecule has 0 saturated carbocycles. The van der Waals surface area contributed by atoms with Gasteiger partial charge in [0.25, 0.3) is 10.1 Å². The molecule has 0 aliphatic carbocycles. The van der Waals surface area contributed by atoms with Crippen LogP contribution in [0, 0.1) is 0 Å². The van der Waals surface area contributed by atoms with E-state index >= 15 is 0 Å². The zero-order valence-electron chi connectivity index (χ0n) is 9.13. The minimum Gasteiger partial charge on any atom is -0.872 e. The number of carboxylic acid groups (broad SMARTS) is 1.